The van der Waals surface area contributed by atoms with Crippen LogP contribution in [0.2, 0.25) is 0 Å². The molecule has 2 aliphatic heterocycles. The maximum atomic E-state index is 10.1. The van der Waals surface area contributed by atoms with E-state index in [1.807, 2.05) is 29.7 Å². The highest BCUT2D eigenvalue weighted by molar-refractivity contribution is 7.09. The first-order valence-electron chi connectivity index (χ1n) is 8.30. The summed E-state index contributed by atoms with van der Waals surface area (Å²) in [6, 6.07) is 7.71. The van der Waals surface area contributed by atoms with Crippen LogP contribution < -0.4 is 11.1 Å². The van der Waals surface area contributed by atoms with E-state index in [9.17, 15) is 10.4 Å². The summed E-state index contributed by atoms with van der Waals surface area (Å²) < 4.78 is 0. The van der Waals surface area contributed by atoms with Gasteiger partial charge in [0.2, 0.25) is 0 Å². The van der Waals surface area contributed by atoms with Gasteiger partial charge < -0.3 is 16.2 Å². The van der Waals surface area contributed by atoms with Crippen LogP contribution in [-0.4, -0.2) is 39.2 Å². The first-order valence-corrected chi connectivity index (χ1v) is 9.18. The van der Waals surface area contributed by atoms with Crippen molar-refractivity contribution < 1.29 is 5.11 Å². The summed E-state index contributed by atoms with van der Waals surface area (Å²) in [6.07, 6.45) is 5.52. The van der Waals surface area contributed by atoms with Crippen molar-refractivity contribution >= 4 is 17.0 Å². The van der Waals surface area contributed by atoms with Gasteiger partial charge in [0, 0.05) is 30.9 Å². The van der Waals surface area contributed by atoms with Crippen LogP contribution in [0.1, 0.15) is 17.1 Å². The largest absolute Gasteiger partial charge is 0.398 e. The summed E-state index contributed by atoms with van der Waals surface area (Å²) in [5, 5.41) is 25.9. The SMILES string of the molecule is N#CC1=C(c2ccccn2)N[C@](c2nccs2)(N2CCC(O)C2)C=C1N. The third-order valence-electron chi connectivity index (χ3n) is 4.67. The highest BCUT2D eigenvalue weighted by Crippen LogP contribution is 2.39. The number of nitrogens with one attached hydrogen (secondary N) is 1. The Labute approximate surface area is 155 Å². The lowest BCUT2D eigenvalue weighted by Gasteiger charge is -2.42. The number of aliphatic hydroxyl groups is 1. The van der Waals surface area contributed by atoms with Gasteiger partial charge >= 0.3 is 0 Å². The van der Waals surface area contributed by atoms with E-state index in [0.717, 1.165) is 5.01 Å². The lowest BCUT2D eigenvalue weighted by molar-refractivity contribution is 0.110. The Balaban J connectivity index is 1.87. The number of aromatic nitrogens is 2. The number of rotatable bonds is 3. The predicted molar refractivity (Wildman–Crippen MR) is 98.2 cm³/mol. The third kappa shape index (κ3) is 2.66. The van der Waals surface area contributed by atoms with Gasteiger partial charge in [0.25, 0.3) is 0 Å². The van der Waals surface area contributed by atoms with Crippen molar-refractivity contribution in [2.45, 2.75) is 18.2 Å². The van der Waals surface area contributed by atoms with Crippen LogP contribution >= 0.6 is 11.3 Å². The highest BCUT2D eigenvalue weighted by Gasteiger charge is 2.46. The summed E-state index contributed by atoms with van der Waals surface area (Å²) in [7, 11) is 0. The van der Waals surface area contributed by atoms with Crippen molar-refractivity contribution in [2.24, 2.45) is 5.73 Å². The Kier molecular flexibility index (Phi) is 4.20. The van der Waals surface area contributed by atoms with Crippen LogP contribution in [0, 0.1) is 11.3 Å². The number of β-amino-alcohol motifs (C(OH)–C–C–N with tert-alkyl or cyclic N) is 1. The molecule has 4 heterocycles. The van der Waals surface area contributed by atoms with E-state index >= 15 is 0 Å². The van der Waals surface area contributed by atoms with Gasteiger partial charge in [0.15, 0.2) is 5.66 Å². The summed E-state index contributed by atoms with van der Waals surface area (Å²) in [4.78, 5) is 11.0. The molecule has 132 valence electrons. The molecule has 4 rings (SSSR count). The number of hydrogen-bond acceptors (Lipinski definition) is 8. The quantitative estimate of drug-likeness (QED) is 0.747. The molecule has 2 aromatic heterocycles. The van der Waals surface area contributed by atoms with E-state index in [-0.39, 0.29) is 0 Å². The number of pyridine rings is 1. The van der Waals surface area contributed by atoms with Crippen LogP contribution in [0.15, 0.2) is 53.3 Å². The number of hydrogen-bond donors (Lipinski definition) is 3. The Morgan fingerprint density at radius 1 is 1.38 bits per heavy atom. The molecule has 2 aliphatic rings. The number of likely N-dealkylation sites (tertiary alicyclic amines) is 1. The van der Waals surface area contributed by atoms with Gasteiger partial charge in [-0.25, -0.2) is 4.98 Å². The zero-order valence-electron chi connectivity index (χ0n) is 14.0. The van der Waals surface area contributed by atoms with Gasteiger partial charge in [-0.05, 0) is 24.6 Å². The molecule has 0 amide bonds. The highest BCUT2D eigenvalue weighted by atomic mass is 32.1. The molecule has 8 heteroatoms. The van der Waals surface area contributed by atoms with Crippen molar-refractivity contribution in [3.05, 3.63) is 64.0 Å². The molecule has 4 N–H and O–H groups in total. The minimum Gasteiger partial charge on any atom is -0.398 e. The molecule has 2 aromatic rings. The lowest BCUT2D eigenvalue weighted by atomic mass is 9.96. The van der Waals surface area contributed by atoms with Gasteiger partial charge in [-0.15, -0.1) is 11.3 Å². The number of dihydropyridines is 1. The van der Waals surface area contributed by atoms with Crippen molar-refractivity contribution in [3.63, 3.8) is 0 Å². The summed E-state index contributed by atoms with van der Waals surface area (Å²) >= 11 is 1.50. The monoisotopic (exact) mass is 366 g/mol. The number of thiazole rings is 1. The average Bonchev–Trinajstić information content (AvgIpc) is 3.34. The molecule has 7 nitrogen and oxygen atoms in total. The van der Waals surface area contributed by atoms with Crippen molar-refractivity contribution in [2.75, 3.05) is 13.1 Å². The fraction of sp³-hybridized carbons (Fsp3) is 0.278. The normalized spacial score (nSPS) is 26.3. The fourth-order valence-electron chi connectivity index (χ4n) is 3.45. The van der Waals surface area contributed by atoms with E-state index < -0.39 is 11.8 Å². The Bertz CT molecular complexity index is 902. The number of nitrogens with two attached hydrogens (primary N) is 1. The van der Waals surface area contributed by atoms with Crippen LogP contribution in [0.25, 0.3) is 5.70 Å². The molecule has 1 fully saturated rings. The number of nitriles is 1. The van der Waals surface area contributed by atoms with Crippen LogP contribution in [0.4, 0.5) is 0 Å². The van der Waals surface area contributed by atoms with E-state index in [1.165, 1.54) is 11.3 Å². The van der Waals surface area contributed by atoms with Gasteiger partial charge in [0.05, 0.1) is 23.2 Å². The van der Waals surface area contributed by atoms with Crippen LogP contribution in [0.5, 0.6) is 0 Å². The summed E-state index contributed by atoms with van der Waals surface area (Å²) in [5.41, 5.74) is 7.43. The minimum absolute atomic E-state index is 0.357. The van der Waals surface area contributed by atoms with Gasteiger partial charge in [-0.3, -0.25) is 9.88 Å². The number of aliphatic hydroxyl groups excluding tert-OH is 1. The van der Waals surface area contributed by atoms with E-state index in [2.05, 4.69) is 26.3 Å². The number of nitrogens with zero attached hydrogens (tertiary/aromatic N) is 4. The summed E-state index contributed by atoms with van der Waals surface area (Å²) in [5.74, 6) is 0. The summed E-state index contributed by atoms with van der Waals surface area (Å²) in [6.45, 7) is 1.18. The zero-order valence-corrected chi connectivity index (χ0v) is 14.8. The van der Waals surface area contributed by atoms with E-state index in [4.69, 9.17) is 5.73 Å². The molecule has 0 saturated carbocycles. The molecule has 0 spiro atoms. The first-order chi connectivity index (χ1) is 12.6. The molecule has 0 aliphatic carbocycles. The topological polar surface area (TPSA) is 111 Å². The zero-order chi connectivity index (χ0) is 18.1. The van der Waals surface area contributed by atoms with Gasteiger partial charge in [-0.1, -0.05) is 6.07 Å². The molecule has 0 bridgehead atoms. The van der Waals surface area contributed by atoms with Crippen molar-refractivity contribution in [3.8, 4) is 6.07 Å². The molecule has 1 unspecified atom stereocenters. The standard InChI is InChI=1S/C18H18N6OS/c19-10-13-14(20)9-18(17-22-6-8-26-17,24-7-4-12(25)11-24)23-16(13)15-3-1-2-5-21-15/h1-3,5-6,8-9,12,23,25H,4,7,11,20H2/t12?,18-/m0/s1. The van der Waals surface area contributed by atoms with Gasteiger partial charge in [0.1, 0.15) is 16.6 Å². The van der Waals surface area contributed by atoms with Crippen LogP contribution in [0.3, 0.4) is 0 Å². The van der Waals surface area contributed by atoms with Gasteiger partial charge in [-0.2, -0.15) is 5.26 Å². The molecule has 0 radical (unpaired) electrons. The maximum Gasteiger partial charge on any atom is 0.166 e. The van der Waals surface area contributed by atoms with Crippen molar-refractivity contribution in [1.82, 2.24) is 20.2 Å². The average molecular weight is 366 g/mol. The molecular weight excluding hydrogens is 348 g/mol. The second-order valence-electron chi connectivity index (χ2n) is 6.29. The molecule has 0 aromatic carbocycles. The van der Waals surface area contributed by atoms with E-state index in [1.54, 1.807) is 12.4 Å². The first kappa shape index (κ1) is 16.7. The maximum absolute atomic E-state index is 10.1. The number of allylic oxidation sites excluding steroid dienone is 1. The molecule has 26 heavy (non-hydrogen) atoms. The molecular formula is C18H18N6OS. The third-order valence-corrected chi connectivity index (χ3v) is 5.57. The second kappa shape index (κ2) is 6.53. The van der Waals surface area contributed by atoms with E-state index in [0.29, 0.717) is 42.2 Å². The predicted octanol–water partition coefficient (Wildman–Crippen LogP) is 1.14. The Hall–Kier alpha value is -2.73. The minimum atomic E-state index is -0.817. The molecule has 2 atom stereocenters. The second-order valence-corrected chi connectivity index (χ2v) is 7.19. The molecule has 1 saturated heterocycles. The Morgan fingerprint density at radius 3 is 2.88 bits per heavy atom. The Morgan fingerprint density at radius 2 is 2.27 bits per heavy atom. The van der Waals surface area contributed by atoms with Crippen molar-refractivity contribution in [1.29, 1.82) is 5.26 Å². The lowest BCUT2D eigenvalue weighted by Crippen LogP contribution is -2.55. The van der Waals surface area contributed by atoms with Crippen LogP contribution in [-0.2, 0) is 5.66 Å². The fourth-order valence-corrected chi connectivity index (χ4v) is 4.24. The smallest absolute Gasteiger partial charge is 0.166 e.